The zero-order chi connectivity index (χ0) is 14.5. The van der Waals surface area contributed by atoms with Crippen molar-refractivity contribution in [2.24, 2.45) is 0 Å². The van der Waals surface area contributed by atoms with Crippen molar-refractivity contribution in [1.82, 2.24) is 9.88 Å². The number of ether oxygens (including phenoxy) is 1. The highest BCUT2D eigenvalue weighted by atomic mass is 16.5. The first kappa shape index (κ1) is 14.6. The van der Waals surface area contributed by atoms with Crippen molar-refractivity contribution in [3.63, 3.8) is 0 Å². The number of anilines is 2. The summed E-state index contributed by atoms with van der Waals surface area (Å²) in [6.07, 6.45) is 4.11. The molecule has 6 heteroatoms. The van der Waals surface area contributed by atoms with Gasteiger partial charge in [0.05, 0.1) is 19.0 Å². The maximum absolute atomic E-state index is 11.8. The highest BCUT2D eigenvalue weighted by Gasteiger charge is 2.18. The van der Waals surface area contributed by atoms with Gasteiger partial charge in [0, 0.05) is 20.1 Å². The van der Waals surface area contributed by atoms with Gasteiger partial charge in [0.1, 0.15) is 11.4 Å². The molecule has 0 unspecified atom stereocenters. The molecule has 0 atom stereocenters. The Labute approximate surface area is 119 Å². The number of likely N-dealkylation sites (tertiary alicyclic amines) is 1. The number of pyridine rings is 1. The molecule has 1 aliphatic heterocycles. The first-order valence-corrected chi connectivity index (χ1v) is 6.89. The molecule has 1 aromatic heterocycles. The number of carbonyl (C=O) groups excluding carboxylic acids is 1. The van der Waals surface area contributed by atoms with Gasteiger partial charge in [0.25, 0.3) is 0 Å². The van der Waals surface area contributed by atoms with Crippen LogP contribution in [0.5, 0.6) is 0 Å². The number of carbonyl (C=O) groups is 1. The Balaban J connectivity index is 2.07. The molecule has 110 valence electrons. The second-order valence-corrected chi connectivity index (χ2v) is 5.10. The van der Waals surface area contributed by atoms with Crippen LogP contribution >= 0.6 is 0 Å². The molecule has 20 heavy (non-hydrogen) atoms. The van der Waals surface area contributed by atoms with Gasteiger partial charge in [0.2, 0.25) is 0 Å². The van der Waals surface area contributed by atoms with Crippen molar-refractivity contribution in [3.05, 3.63) is 17.8 Å². The second-order valence-electron chi connectivity index (χ2n) is 5.10. The van der Waals surface area contributed by atoms with Gasteiger partial charge in [-0.15, -0.1) is 0 Å². The molecule has 0 amide bonds. The Hall–Kier alpha value is -1.82. The SMILES string of the molecule is COC(=O)c1cc(N)cnc1N(C)CCN1CCCC1. The van der Waals surface area contributed by atoms with Crippen LogP contribution in [0, 0.1) is 0 Å². The predicted molar refractivity (Wildman–Crippen MR) is 78.9 cm³/mol. The molecular formula is C14H22N4O2. The fraction of sp³-hybridized carbons (Fsp3) is 0.571. The summed E-state index contributed by atoms with van der Waals surface area (Å²) in [7, 11) is 3.29. The van der Waals surface area contributed by atoms with E-state index in [4.69, 9.17) is 10.5 Å². The third-order valence-corrected chi connectivity index (χ3v) is 3.61. The summed E-state index contributed by atoms with van der Waals surface area (Å²) in [5.41, 5.74) is 6.57. The molecular weight excluding hydrogens is 256 g/mol. The van der Waals surface area contributed by atoms with Crippen LogP contribution in [0.25, 0.3) is 0 Å². The Morgan fingerprint density at radius 3 is 2.85 bits per heavy atom. The van der Waals surface area contributed by atoms with E-state index in [1.165, 1.54) is 20.0 Å². The summed E-state index contributed by atoms with van der Waals surface area (Å²) >= 11 is 0. The Bertz CT molecular complexity index is 472. The van der Waals surface area contributed by atoms with E-state index < -0.39 is 5.97 Å². The highest BCUT2D eigenvalue weighted by molar-refractivity contribution is 5.95. The summed E-state index contributed by atoms with van der Waals surface area (Å²) in [5, 5.41) is 0. The van der Waals surface area contributed by atoms with E-state index in [1.807, 2.05) is 11.9 Å². The van der Waals surface area contributed by atoms with E-state index in [0.29, 0.717) is 17.1 Å². The van der Waals surface area contributed by atoms with Gasteiger partial charge < -0.3 is 20.3 Å². The summed E-state index contributed by atoms with van der Waals surface area (Å²) in [5.74, 6) is 0.207. The molecule has 6 nitrogen and oxygen atoms in total. The first-order chi connectivity index (χ1) is 9.61. The Morgan fingerprint density at radius 1 is 1.50 bits per heavy atom. The fourth-order valence-corrected chi connectivity index (χ4v) is 2.44. The first-order valence-electron chi connectivity index (χ1n) is 6.89. The molecule has 1 saturated heterocycles. The zero-order valence-corrected chi connectivity index (χ0v) is 12.1. The van der Waals surface area contributed by atoms with Crippen LogP contribution in [0.4, 0.5) is 11.5 Å². The number of nitrogens with two attached hydrogens (primary N) is 1. The van der Waals surface area contributed by atoms with Crippen LogP contribution in [0.2, 0.25) is 0 Å². The van der Waals surface area contributed by atoms with Crippen LogP contribution in [0.15, 0.2) is 12.3 Å². The summed E-state index contributed by atoms with van der Waals surface area (Å²) in [6.45, 7) is 4.11. The molecule has 2 heterocycles. The normalized spacial score (nSPS) is 15.3. The third-order valence-electron chi connectivity index (χ3n) is 3.61. The predicted octanol–water partition coefficient (Wildman–Crippen LogP) is 0.982. The number of nitrogens with zero attached hydrogens (tertiary/aromatic N) is 3. The molecule has 0 spiro atoms. The van der Waals surface area contributed by atoms with E-state index in [2.05, 4.69) is 9.88 Å². The molecule has 1 aromatic rings. The second kappa shape index (κ2) is 6.56. The number of rotatable bonds is 5. The number of hydrogen-bond donors (Lipinski definition) is 1. The lowest BCUT2D eigenvalue weighted by atomic mass is 10.2. The van der Waals surface area contributed by atoms with Gasteiger partial charge in [-0.2, -0.15) is 0 Å². The molecule has 0 bridgehead atoms. The van der Waals surface area contributed by atoms with Crippen LogP contribution in [-0.2, 0) is 4.74 Å². The average Bonchev–Trinajstić information content (AvgIpc) is 2.97. The van der Waals surface area contributed by atoms with E-state index >= 15 is 0 Å². The molecule has 2 rings (SSSR count). The Morgan fingerprint density at radius 2 is 2.20 bits per heavy atom. The molecule has 0 aromatic carbocycles. The van der Waals surface area contributed by atoms with Crippen LogP contribution in [-0.4, -0.2) is 56.2 Å². The van der Waals surface area contributed by atoms with Crippen molar-refractivity contribution in [3.8, 4) is 0 Å². The Kier molecular flexibility index (Phi) is 4.79. The number of esters is 1. The van der Waals surface area contributed by atoms with Gasteiger partial charge in [-0.25, -0.2) is 9.78 Å². The summed E-state index contributed by atoms with van der Waals surface area (Å²) < 4.78 is 4.79. The maximum Gasteiger partial charge on any atom is 0.341 e. The summed E-state index contributed by atoms with van der Waals surface area (Å²) in [6, 6.07) is 1.61. The van der Waals surface area contributed by atoms with Crippen molar-refractivity contribution < 1.29 is 9.53 Å². The number of nitrogen functional groups attached to an aromatic ring is 1. The monoisotopic (exact) mass is 278 g/mol. The zero-order valence-electron chi connectivity index (χ0n) is 12.1. The molecule has 2 N–H and O–H groups in total. The van der Waals surface area contributed by atoms with Gasteiger partial charge in [-0.3, -0.25) is 0 Å². The van der Waals surface area contributed by atoms with E-state index in [0.717, 1.165) is 26.2 Å². The minimum atomic E-state index is -0.409. The highest BCUT2D eigenvalue weighted by Crippen LogP contribution is 2.20. The molecule has 0 saturated carbocycles. The quantitative estimate of drug-likeness (QED) is 0.810. The standard InChI is InChI=1S/C14H22N4O2/c1-17(7-8-18-5-3-4-6-18)13-12(14(19)20-2)9-11(15)10-16-13/h9-10H,3-8,15H2,1-2H3. The summed E-state index contributed by atoms with van der Waals surface area (Å²) in [4.78, 5) is 20.5. The number of likely N-dealkylation sites (N-methyl/N-ethyl adjacent to an activating group) is 1. The van der Waals surface area contributed by atoms with E-state index in [-0.39, 0.29) is 0 Å². The lowest BCUT2D eigenvalue weighted by molar-refractivity contribution is 0.0601. The van der Waals surface area contributed by atoms with Crippen molar-refractivity contribution >= 4 is 17.5 Å². The molecule has 0 aliphatic carbocycles. The lowest BCUT2D eigenvalue weighted by Crippen LogP contribution is -2.32. The van der Waals surface area contributed by atoms with Gasteiger partial charge >= 0.3 is 5.97 Å². The topological polar surface area (TPSA) is 71.7 Å². The number of methoxy groups -OCH3 is 1. The maximum atomic E-state index is 11.8. The number of hydrogen-bond acceptors (Lipinski definition) is 6. The third kappa shape index (κ3) is 3.39. The minimum Gasteiger partial charge on any atom is -0.465 e. The van der Waals surface area contributed by atoms with Gasteiger partial charge in [-0.05, 0) is 32.0 Å². The van der Waals surface area contributed by atoms with E-state index in [9.17, 15) is 4.79 Å². The fourth-order valence-electron chi connectivity index (χ4n) is 2.44. The molecule has 0 radical (unpaired) electrons. The van der Waals surface area contributed by atoms with Crippen molar-refractivity contribution in [2.45, 2.75) is 12.8 Å². The van der Waals surface area contributed by atoms with Crippen LogP contribution in [0.1, 0.15) is 23.2 Å². The smallest absolute Gasteiger partial charge is 0.341 e. The van der Waals surface area contributed by atoms with Crippen LogP contribution in [0.3, 0.4) is 0 Å². The van der Waals surface area contributed by atoms with Crippen LogP contribution < -0.4 is 10.6 Å². The minimum absolute atomic E-state index is 0.409. The number of aromatic nitrogens is 1. The average molecular weight is 278 g/mol. The largest absolute Gasteiger partial charge is 0.465 e. The molecule has 1 fully saturated rings. The molecule has 1 aliphatic rings. The lowest BCUT2D eigenvalue weighted by Gasteiger charge is -2.23. The van der Waals surface area contributed by atoms with Gasteiger partial charge in [-0.1, -0.05) is 0 Å². The van der Waals surface area contributed by atoms with Crippen molar-refractivity contribution in [1.29, 1.82) is 0 Å². The van der Waals surface area contributed by atoms with Crippen molar-refractivity contribution in [2.75, 3.05) is 51.0 Å². The van der Waals surface area contributed by atoms with E-state index in [1.54, 1.807) is 12.3 Å². The van der Waals surface area contributed by atoms with Gasteiger partial charge in [0.15, 0.2) is 0 Å².